The van der Waals surface area contributed by atoms with Crippen molar-refractivity contribution in [2.75, 3.05) is 0 Å². The van der Waals surface area contributed by atoms with Crippen LogP contribution >= 0.6 is 0 Å². The Kier molecular flexibility index (Phi) is 3.52. The van der Waals surface area contributed by atoms with Gasteiger partial charge in [0.15, 0.2) is 0 Å². The van der Waals surface area contributed by atoms with Gasteiger partial charge in [-0.1, -0.05) is 50.2 Å². The highest BCUT2D eigenvalue weighted by molar-refractivity contribution is 5.80. The maximum atomic E-state index is 4.54. The van der Waals surface area contributed by atoms with Gasteiger partial charge in [0.05, 0.1) is 17.4 Å². The summed E-state index contributed by atoms with van der Waals surface area (Å²) in [5.41, 5.74) is 3.54. The van der Waals surface area contributed by atoms with E-state index in [-0.39, 0.29) is 0 Å². The maximum absolute atomic E-state index is 4.54. The molecule has 0 saturated carbocycles. The van der Waals surface area contributed by atoms with Crippen molar-refractivity contribution in [3.63, 3.8) is 0 Å². The molecule has 0 radical (unpaired) electrons. The number of aromatic nitrogens is 2. The van der Waals surface area contributed by atoms with Crippen molar-refractivity contribution in [3.8, 4) is 5.69 Å². The number of benzene rings is 2. The average molecular weight is 265 g/mol. The lowest BCUT2D eigenvalue weighted by atomic mass is 10.1. The van der Waals surface area contributed by atoms with Crippen molar-refractivity contribution in [3.05, 3.63) is 60.3 Å². The summed E-state index contributed by atoms with van der Waals surface area (Å²) < 4.78 is 2.02. The van der Waals surface area contributed by atoms with Crippen LogP contribution in [0.3, 0.4) is 0 Å². The first-order valence-corrected chi connectivity index (χ1v) is 7.00. The number of hydrogen-bond donors (Lipinski definition) is 1. The predicted molar refractivity (Wildman–Crippen MR) is 83.0 cm³/mol. The maximum Gasteiger partial charge on any atom is 0.0741 e. The SMILES string of the molecule is CC(C)NCc1ccccc1-n1ncc2ccccc21. The van der Waals surface area contributed by atoms with Crippen molar-refractivity contribution >= 4 is 10.9 Å². The van der Waals surface area contributed by atoms with Crippen LogP contribution in [-0.4, -0.2) is 15.8 Å². The van der Waals surface area contributed by atoms with E-state index < -0.39 is 0 Å². The monoisotopic (exact) mass is 265 g/mol. The lowest BCUT2D eigenvalue weighted by molar-refractivity contribution is 0.587. The highest BCUT2D eigenvalue weighted by atomic mass is 15.3. The molecule has 1 aromatic heterocycles. The quantitative estimate of drug-likeness (QED) is 0.782. The first-order valence-electron chi connectivity index (χ1n) is 7.00. The highest BCUT2D eigenvalue weighted by Gasteiger charge is 2.08. The molecule has 1 N–H and O–H groups in total. The van der Waals surface area contributed by atoms with Crippen molar-refractivity contribution in [2.24, 2.45) is 0 Å². The lowest BCUT2D eigenvalue weighted by Crippen LogP contribution is -2.22. The van der Waals surface area contributed by atoms with E-state index >= 15 is 0 Å². The molecule has 3 aromatic rings. The third kappa shape index (κ3) is 2.45. The molecule has 0 saturated heterocycles. The summed E-state index contributed by atoms with van der Waals surface area (Å²) in [5.74, 6) is 0. The molecule has 0 unspecified atom stereocenters. The number of hydrogen-bond acceptors (Lipinski definition) is 2. The summed E-state index contributed by atoms with van der Waals surface area (Å²) in [7, 11) is 0. The molecule has 102 valence electrons. The Hall–Kier alpha value is -2.13. The minimum absolute atomic E-state index is 0.470. The van der Waals surface area contributed by atoms with Gasteiger partial charge in [-0.05, 0) is 17.7 Å². The molecule has 0 spiro atoms. The number of rotatable bonds is 4. The second-order valence-electron chi connectivity index (χ2n) is 5.28. The summed E-state index contributed by atoms with van der Waals surface area (Å²) in [6.45, 7) is 5.17. The van der Waals surface area contributed by atoms with Gasteiger partial charge in [-0.25, -0.2) is 4.68 Å². The van der Waals surface area contributed by atoms with E-state index in [1.807, 2.05) is 16.9 Å². The molecule has 1 heterocycles. The molecule has 3 nitrogen and oxygen atoms in total. The molecular weight excluding hydrogens is 246 g/mol. The summed E-state index contributed by atoms with van der Waals surface area (Å²) in [6, 6.07) is 17.2. The Morgan fingerprint density at radius 1 is 1.05 bits per heavy atom. The minimum atomic E-state index is 0.470. The van der Waals surface area contributed by atoms with E-state index in [0.29, 0.717) is 6.04 Å². The Balaban J connectivity index is 2.05. The van der Waals surface area contributed by atoms with Crippen LogP contribution in [0.2, 0.25) is 0 Å². The first-order chi connectivity index (χ1) is 9.75. The van der Waals surface area contributed by atoms with Crippen LogP contribution < -0.4 is 5.32 Å². The van der Waals surface area contributed by atoms with Crippen molar-refractivity contribution in [2.45, 2.75) is 26.4 Å². The Labute approximate surface area is 119 Å². The van der Waals surface area contributed by atoms with Crippen LogP contribution in [0.15, 0.2) is 54.7 Å². The van der Waals surface area contributed by atoms with Gasteiger partial charge < -0.3 is 5.32 Å². The Morgan fingerprint density at radius 3 is 2.65 bits per heavy atom. The molecule has 0 aliphatic carbocycles. The van der Waals surface area contributed by atoms with Crippen molar-refractivity contribution < 1.29 is 0 Å². The van der Waals surface area contributed by atoms with Crippen LogP contribution in [0.5, 0.6) is 0 Å². The van der Waals surface area contributed by atoms with Crippen LogP contribution in [0, 0.1) is 0 Å². The molecule has 3 rings (SSSR count). The topological polar surface area (TPSA) is 29.9 Å². The van der Waals surface area contributed by atoms with Gasteiger partial charge in [0.1, 0.15) is 0 Å². The number of nitrogens with one attached hydrogen (secondary N) is 1. The number of nitrogens with zero attached hydrogens (tertiary/aromatic N) is 2. The molecule has 0 aliphatic rings. The second-order valence-corrected chi connectivity index (χ2v) is 5.28. The molecule has 20 heavy (non-hydrogen) atoms. The van der Waals surface area contributed by atoms with E-state index in [2.05, 4.69) is 66.7 Å². The fourth-order valence-corrected chi connectivity index (χ4v) is 2.34. The first kappa shape index (κ1) is 12.9. The van der Waals surface area contributed by atoms with Gasteiger partial charge in [0, 0.05) is 18.0 Å². The normalized spacial score (nSPS) is 11.3. The fraction of sp³-hybridized carbons (Fsp3) is 0.235. The van der Waals surface area contributed by atoms with E-state index in [9.17, 15) is 0 Å². The van der Waals surface area contributed by atoms with Crippen LogP contribution in [0.1, 0.15) is 19.4 Å². The third-order valence-electron chi connectivity index (χ3n) is 3.40. The van der Waals surface area contributed by atoms with Gasteiger partial charge in [-0.2, -0.15) is 5.10 Å². The Morgan fingerprint density at radius 2 is 1.80 bits per heavy atom. The molecule has 3 heteroatoms. The van der Waals surface area contributed by atoms with Crippen LogP contribution in [0.25, 0.3) is 16.6 Å². The summed E-state index contributed by atoms with van der Waals surface area (Å²) in [6.07, 6.45) is 1.92. The smallest absolute Gasteiger partial charge is 0.0741 e. The predicted octanol–water partition coefficient (Wildman–Crippen LogP) is 3.52. The molecule has 2 aromatic carbocycles. The van der Waals surface area contributed by atoms with Crippen LogP contribution in [0.4, 0.5) is 0 Å². The molecule has 0 bridgehead atoms. The number of para-hydroxylation sites is 2. The van der Waals surface area contributed by atoms with Gasteiger partial charge in [-0.15, -0.1) is 0 Å². The van der Waals surface area contributed by atoms with Gasteiger partial charge in [0.25, 0.3) is 0 Å². The summed E-state index contributed by atoms with van der Waals surface area (Å²) in [4.78, 5) is 0. The molecular formula is C17H19N3. The van der Waals surface area contributed by atoms with Crippen molar-refractivity contribution in [1.29, 1.82) is 0 Å². The summed E-state index contributed by atoms with van der Waals surface area (Å²) in [5, 5.41) is 9.18. The van der Waals surface area contributed by atoms with Crippen molar-refractivity contribution in [1.82, 2.24) is 15.1 Å². The van der Waals surface area contributed by atoms with E-state index in [1.165, 1.54) is 10.9 Å². The Bertz CT molecular complexity index is 713. The third-order valence-corrected chi connectivity index (χ3v) is 3.40. The number of fused-ring (bicyclic) bond motifs is 1. The largest absolute Gasteiger partial charge is 0.310 e. The summed E-state index contributed by atoms with van der Waals surface area (Å²) >= 11 is 0. The zero-order chi connectivity index (χ0) is 13.9. The molecule has 0 aliphatic heterocycles. The standard InChI is InChI=1S/C17H19N3/c1-13(2)18-11-14-7-3-5-9-16(14)20-17-10-6-4-8-15(17)12-19-20/h3-10,12-13,18H,11H2,1-2H3. The zero-order valence-electron chi connectivity index (χ0n) is 11.9. The van der Waals surface area contributed by atoms with E-state index in [4.69, 9.17) is 0 Å². The van der Waals surface area contributed by atoms with E-state index in [1.54, 1.807) is 0 Å². The zero-order valence-corrected chi connectivity index (χ0v) is 11.9. The highest BCUT2D eigenvalue weighted by Crippen LogP contribution is 2.20. The minimum Gasteiger partial charge on any atom is -0.310 e. The van der Waals surface area contributed by atoms with Crippen LogP contribution in [-0.2, 0) is 6.54 Å². The van der Waals surface area contributed by atoms with Gasteiger partial charge in [0.2, 0.25) is 0 Å². The molecule has 0 amide bonds. The van der Waals surface area contributed by atoms with Gasteiger partial charge >= 0.3 is 0 Å². The average Bonchev–Trinajstić information content (AvgIpc) is 2.89. The molecule has 0 fully saturated rings. The molecule has 0 atom stereocenters. The van der Waals surface area contributed by atoms with E-state index in [0.717, 1.165) is 17.7 Å². The second kappa shape index (κ2) is 5.47. The lowest BCUT2D eigenvalue weighted by Gasteiger charge is -2.13. The van der Waals surface area contributed by atoms with Gasteiger partial charge in [-0.3, -0.25) is 0 Å². The fourth-order valence-electron chi connectivity index (χ4n) is 2.34.